The van der Waals surface area contributed by atoms with E-state index >= 15 is 0 Å². The summed E-state index contributed by atoms with van der Waals surface area (Å²) in [5.74, 6) is 0.956. The molecule has 1 atom stereocenters. The molecule has 0 aliphatic carbocycles. The van der Waals surface area contributed by atoms with Crippen molar-refractivity contribution in [1.29, 1.82) is 0 Å². The molecule has 6 heteroatoms. The van der Waals surface area contributed by atoms with E-state index in [4.69, 9.17) is 4.74 Å². The molecule has 148 valence electrons. The van der Waals surface area contributed by atoms with Gasteiger partial charge in [-0.25, -0.2) is 4.99 Å². The average molecular weight is 373 g/mol. The van der Waals surface area contributed by atoms with Crippen LogP contribution in [-0.4, -0.2) is 55.7 Å². The van der Waals surface area contributed by atoms with E-state index in [0.29, 0.717) is 6.54 Å². The van der Waals surface area contributed by atoms with E-state index in [0.717, 1.165) is 75.6 Å². The average Bonchev–Trinajstić information content (AvgIpc) is 3.24. The summed E-state index contributed by atoms with van der Waals surface area (Å²) in [7, 11) is 0. The van der Waals surface area contributed by atoms with Gasteiger partial charge in [-0.1, -0.05) is 12.1 Å². The standard InChI is InChI=1S/C21H32N4O2/c1-2-22-21(24-16-19-7-6-14-27-19)23-15-17-8-10-18(11-9-17)20(26)25-12-4-3-5-13-25/h8-11,19H,2-7,12-16H2,1H3,(H2,22,23,24). The summed E-state index contributed by atoms with van der Waals surface area (Å²) in [6.45, 7) is 6.88. The molecule has 1 aromatic carbocycles. The zero-order valence-electron chi connectivity index (χ0n) is 16.4. The van der Waals surface area contributed by atoms with Crippen LogP contribution in [0.5, 0.6) is 0 Å². The molecule has 2 aliphatic heterocycles. The van der Waals surface area contributed by atoms with Crippen LogP contribution in [0, 0.1) is 0 Å². The number of nitrogens with zero attached hydrogens (tertiary/aromatic N) is 2. The summed E-state index contributed by atoms with van der Waals surface area (Å²) in [5, 5.41) is 6.63. The smallest absolute Gasteiger partial charge is 0.253 e. The second kappa shape index (κ2) is 10.3. The second-order valence-corrected chi connectivity index (χ2v) is 7.26. The van der Waals surface area contributed by atoms with Gasteiger partial charge in [-0.3, -0.25) is 4.79 Å². The van der Waals surface area contributed by atoms with Crippen LogP contribution < -0.4 is 10.6 Å². The molecule has 1 unspecified atom stereocenters. The number of carbonyl (C=O) groups is 1. The first-order valence-corrected chi connectivity index (χ1v) is 10.3. The molecule has 2 aliphatic rings. The number of ether oxygens (including phenoxy) is 1. The first kappa shape index (κ1) is 19.7. The number of guanidine groups is 1. The van der Waals surface area contributed by atoms with Crippen LogP contribution in [0.15, 0.2) is 29.3 Å². The van der Waals surface area contributed by atoms with Gasteiger partial charge in [-0.05, 0) is 56.7 Å². The predicted octanol–water partition coefficient (Wildman–Crippen LogP) is 2.55. The molecule has 6 nitrogen and oxygen atoms in total. The predicted molar refractivity (Wildman–Crippen MR) is 108 cm³/mol. The molecule has 0 bridgehead atoms. The Morgan fingerprint density at radius 2 is 1.93 bits per heavy atom. The van der Waals surface area contributed by atoms with Crippen molar-refractivity contribution >= 4 is 11.9 Å². The van der Waals surface area contributed by atoms with Crippen LogP contribution in [0.1, 0.15) is 54.9 Å². The molecule has 3 rings (SSSR count). The third-order valence-corrected chi connectivity index (χ3v) is 5.13. The van der Waals surface area contributed by atoms with Crippen LogP contribution in [0.25, 0.3) is 0 Å². The highest BCUT2D eigenvalue weighted by Gasteiger charge is 2.18. The van der Waals surface area contributed by atoms with E-state index in [2.05, 4.69) is 22.5 Å². The quantitative estimate of drug-likeness (QED) is 0.595. The number of benzene rings is 1. The van der Waals surface area contributed by atoms with Crippen LogP contribution >= 0.6 is 0 Å². The van der Waals surface area contributed by atoms with Crippen molar-refractivity contribution in [3.63, 3.8) is 0 Å². The van der Waals surface area contributed by atoms with Crippen LogP contribution in [0.4, 0.5) is 0 Å². The van der Waals surface area contributed by atoms with E-state index in [-0.39, 0.29) is 12.0 Å². The van der Waals surface area contributed by atoms with Gasteiger partial charge in [-0.2, -0.15) is 0 Å². The fourth-order valence-electron chi connectivity index (χ4n) is 3.56. The fraction of sp³-hybridized carbons (Fsp3) is 0.619. The largest absolute Gasteiger partial charge is 0.376 e. The van der Waals surface area contributed by atoms with Crippen LogP contribution in [0.2, 0.25) is 0 Å². The van der Waals surface area contributed by atoms with E-state index in [1.54, 1.807) is 0 Å². The molecule has 1 aromatic rings. The number of nitrogens with one attached hydrogen (secondary N) is 2. The minimum Gasteiger partial charge on any atom is -0.376 e. The second-order valence-electron chi connectivity index (χ2n) is 7.26. The van der Waals surface area contributed by atoms with Gasteiger partial charge >= 0.3 is 0 Å². The van der Waals surface area contributed by atoms with Gasteiger partial charge in [0, 0.05) is 38.3 Å². The molecule has 2 heterocycles. The van der Waals surface area contributed by atoms with Crippen LogP contribution in [0.3, 0.4) is 0 Å². The van der Waals surface area contributed by atoms with E-state index < -0.39 is 0 Å². The number of amides is 1. The summed E-state index contributed by atoms with van der Waals surface area (Å²) >= 11 is 0. The minimum absolute atomic E-state index is 0.149. The Labute approximate surface area is 162 Å². The normalized spacial score (nSPS) is 20.6. The number of rotatable bonds is 6. The monoisotopic (exact) mass is 372 g/mol. The summed E-state index contributed by atoms with van der Waals surface area (Å²) in [4.78, 5) is 19.2. The molecular weight excluding hydrogens is 340 g/mol. The number of carbonyl (C=O) groups excluding carboxylic acids is 1. The van der Waals surface area contributed by atoms with Gasteiger partial charge in [0.2, 0.25) is 0 Å². The van der Waals surface area contributed by atoms with Crippen molar-refractivity contribution in [2.45, 2.75) is 51.7 Å². The maximum atomic E-state index is 12.5. The molecule has 27 heavy (non-hydrogen) atoms. The van der Waals surface area contributed by atoms with Crippen molar-refractivity contribution in [2.24, 2.45) is 4.99 Å². The molecule has 0 radical (unpaired) electrons. The minimum atomic E-state index is 0.149. The van der Waals surface area contributed by atoms with Gasteiger partial charge in [0.25, 0.3) is 5.91 Å². The Balaban J connectivity index is 1.53. The molecule has 2 saturated heterocycles. The lowest BCUT2D eigenvalue weighted by atomic mass is 10.1. The van der Waals surface area contributed by atoms with Gasteiger partial charge in [0.15, 0.2) is 5.96 Å². The zero-order chi connectivity index (χ0) is 18.9. The van der Waals surface area contributed by atoms with Gasteiger partial charge < -0.3 is 20.3 Å². The van der Waals surface area contributed by atoms with Crippen molar-refractivity contribution < 1.29 is 9.53 Å². The molecule has 1 amide bonds. The molecule has 2 N–H and O–H groups in total. The molecule has 2 fully saturated rings. The highest BCUT2D eigenvalue weighted by molar-refractivity contribution is 5.94. The zero-order valence-corrected chi connectivity index (χ0v) is 16.4. The van der Waals surface area contributed by atoms with Crippen molar-refractivity contribution in [3.05, 3.63) is 35.4 Å². The van der Waals surface area contributed by atoms with E-state index in [1.165, 1.54) is 6.42 Å². The maximum Gasteiger partial charge on any atom is 0.253 e. The van der Waals surface area contributed by atoms with Crippen molar-refractivity contribution in [1.82, 2.24) is 15.5 Å². The van der Waals surface area contributed by atoms with E-state index in [1.807, 2.05) is 29.2 Å². The molecule has 0 spiro atoms. The maximum absolute atomic E-state index is 12.5. The topological polar surface area (TPSA) is 66.0 Å². The lowest BCUT2D eigenvalue weighted by Crippen LogP contribution is -2.41. The number of likely N-dealkylation sites (tertiary alicyclic amines) is 1. The Bertz CT molecular complexity index is 618. The third-order valence-electron chi connectivity index (χ3n) is 5.13. The highest BCUT2D eigenvalue weighted by atomic mass is 16.5. The first-order chi connectivity index (χ1) is 13.3. The lowest BCUT2D eigenvalue weighted by Gasteiger charge is -2.26. The number of hydrogen-bond acceptors (Lipinski definition) is 3. The lowest BCUT2D eigenvalue weighted by molar-refractivity contribution is 0.0724. The van der Waals surface area contributed by atoms with Gasteiger partial charge in [0.05, 0.1) is 12.6 Å². The fourth-order valence-corrected chi connectivity index (χ4v) is 3.56. The number of hydrogen-bond donors (Lipinski definition) is 2. The van der Waals surface area contributed by atoms with Gasteiger partial charge in [0.1, 0.15) is 0 Å². The van der Waals surface area contributed by atoms with Crippen molar-refractivity contribution in [3.8, 4) is 0 Å². The molecule has 0 saturated carbocycles. The van der Waals surface area contributed by atoms with E-state index in [9.17, 15) is 4.79 Å². The SMILES string of the molecule is CCNC(=NCc1ccc(C(=O)N2CCCCC2)cc1)NCC1CCCO1. The van der Waals surface area contributed by atoms with Gasteiger partial charge in [-0.15, -0.1) is 0 Å². The molecule has 0 aromatic heterocycles. The third kappa shape index (κ3) is 5.96. The summed E-state index contributed by atoms with van der Waals surface area (Å²) in [6, 6.07) is 7.86. The Morgan fingerprint density at radius 1 is 1.15 bits per heavy atom. The Hall–Kier alpha value is -2.08. The molecular formula is C21H32N4O2. The number of piperidine rings is 1. The number of aliphatic imine (C=N–C) groups is 1. The first-order valence-electron chi connectivity index (χ1n) is 10.3. The summed E-state index contributed by atoms with van der Waals surface area (Å²) < 4.78 is 5.65. The Kier molecular flexibility index (Phi) is 7.51. The van der Waals surface area contributed by atoms with Crippen LogP contribution in [-0.2, 0) is 11.3 Å². The Morgan fingerprint density at radius 3 is 2.59 bits per heavy atom. The highest BCUT2D eigenvalue weighted by Crippen LogP contribution is 2.14. The summed E-state index contributed by atoms with van der Waals surface area (Å²) in [5.41, 5.74) is 1.87. The summed E-state index contributed by atoms with van der Waals surface area (Å²) in [6.07, 6.45) is 6.00. The van der Waals surface area contributed by atoms with Crippen molar-refractivity contribution in [2.75, 3.05) is 32.8 Å².